The maximum absolute atomic E-state index is 11.6. The molecule has 0 amide bonds. The number of carbonyl (C=O) groups is 1. The highest BCUT2D eigenvalue weighted by molar-refractivity contribution is 5.87. The van der Waals surface area contributed by atoms with Crippen LogP contribution in [-0.2, 0) is 4.79 Å². The van der Waals surface area contributed by atoms with E-state index in [1.807, 2.05) is 0 Å². The highest BCUT2D eigenvalue weighted by atomic mass is 16.1. The Balaban J connectivity index is 2.39. The van der Waals surface area contributed by atoms with Crippen LogP contribution in [0.25, 0.3) is 0 Å². The number of carbonyl (C=O) groups excluding carboxylic acids is 1. The summed E-state index contributed by atoms with van der Waals surface area (Å²) in [6, 6.07) is 6.21. The molecule has 0 aromatic heterocycles. The van der Waals surface area contributed by atoms with Crippen molar-refractivity contribution in [3.63, 3.8) is 0 Å². The van der Waals surface area contributed by atoms with Crippen LogP contribution in [-0.4, -0.2) is 12.3 Å². The van der Waals surface area contributed by atoms with Crippen LogP contribution in [0.1, 0.15) is 29.2 Å². The molecule has 0 spiro atoms. The fraction of sp³-hybridized carbons (Fsp3) is 0.417. The van der Waals surface area contributed by atoms with Crippen LogP contribution in [0.5, 0.6) is 0 Å². The molecule has 2 rings (SSSR count). The molecule has 1 unspecified atom stereocenters. The highest BCUT2D eigenvalue weighted by Gasteiger charge is 2.26. The van der Waals surface area contributed by atoms with Gasteiger partial charge in [0.25, 0.3) is 0 Å². The Morgan fingerprint density at radius 2 is 2.14 bits per heavy atom. The van der Waals surface area contributed by atoms with Gasteiger partial charge in [0.05, 0.1) is 6.04 Å². The second-order valence-electron chi connectivity index (χ2n) is 3.96. The van der Waals surface area contributed by atoms with Gasteiger partial charge in [0.1, 0.15) is 0 Å². The van der Waals surface area contributed by atoms with E-state index in [0.717, 1.165) is 12.1 Å². The second-order valence-corrected chi connectivity index (χ2v) is 3.96. The number of ketones is 1. The van der Waals surface area contributed by atoms with Crippen LogP contribution in [0.3, 0.4) is 0 Å². The van der Waals surface area contributed by atoms with Gasteiger partial charge >= 0.3 is 0 Å². The molecule has 0 bridgehead atoms. The molecule has 1 fully saturated rings. The number of benzene rings is 1. The monoisotopic (exact) mass is 189 g/mol. The summed E-state index contributed by atoms with van der Waals surface area (Å²) in [6.45, 7) is 4.93. The summed E-state index contributed by atoms with van der Waals surface area (Å²) in [6.07, 6.45) is 0.665. The molecule has 74 valence electrons. The van der Waals surface area contributed by atoms with Gasteiger partial charge in [-0.15, -0.1) is 0 Å². The Hall–Kier alpha value is -1.15. The van der Waals surface area contributed by atoms with E-state index >= 15 is 0 Å². The number of hydrogen-bond acceptors (Lipinski definition) is 2. The van der Waals surface area contributed by atoms with Crippen LogP contribution in [0.15, 0.2) is 18.2 Å². The Morgan fingerprint density at radius 3 is 2.79 bits per heavy atom. The van der Waals surface area contributed by atoms with E-state index in [9.17, 15) is 4.79 Å². The van der Waals surface area contributed by atoms with E-state index < -0.39 is 0 Å². The molecule has 1 saturated heterocycles. The molecule has 0 aliphatic carbocycles. The summed E-state index contributed by atoms with van der Waals surface area (Å²) >= 11 is 0. The minimum Gasteiger partial charge on any atom is -0.303 e. The molecule has 1 aliphatic heterocycles. The lowest BCUT2D eigenvalue weighted by Crippen LogP contribution is -2.18. The van der Waals surface area contributed by atoms with E-state index in [1.54, 1.807) is 0 Å². The summed E-state index contributed by atoms with van der Waals surface area (Å²) in [5, 5.41) is 3.24. The molecule has 0 radical (unpaired) electrons. The van der Waals surface area contributed by atoms with Gasteiger partial charge in [-0.05, 0) is 25.0 Å². The molecule has 2 nitrogen and oxygen atoms in total. The first kappa shape index (κ1) is 9.41. The van der Waals surface area contributed by atoms with Crippen LogP contribution in [0.4, 0.5) is 0 Å². The molecule has 1 atom stereocenters. The first-order valence-corrected chi connectivity index (χ1v) is 5.02. The highest BCUT2D eigenvalue weighted by Crippen LogP contribution is 2.23. The van der Waals surface area contributed by atoms with Crippen molar-refractivity contribution in [3.8, 4) is 0 Å². The molecule has 1 aromatic rings. The van der Waals surface area contributed by atoms with Gasteiger partial charge < -0.3 is 5.32 Å². The molecular weight excluding hydrogens is 174 g/mol. The van der Waals surface area contributed by atoms with Crippen molar-refractivity contribution in [1.82, 2.24) is 5.32 Å². The average Bonchev–Trinajstić information content (AvgIpc) is 2.56. The SMILES string of the molecule is Cc1ccc(C)c(C2NCCC2=O)c1. The van der Waals surface area contributed by atoms with E-state index in [1.165, 1.54) is 11.1 Å². The predicted molar refractivity (Wildman–Crippen MR) is 56.3 cm³/mol. The van der Waals surface area contributed by atoms with E-state index in [2.05, 4.69) is 37.4 Å². The van der Waals surface area contributed by atoms with E-state index in [4.69, 9.17) is 0 Å². The number of aryl methyl sites for hydroxylation is 2. The summed E-state index contributed by atoms with van der Waals surface area (Å²) in [4.78, 5) is 11.6. The van der Waals surface area contributed by atoms with Crippen molar-refractivity contribution in [3.05, 3.63) is 34.9 Å². The maximum Gasteiger partial charge on any atom is 0.155 e. The smallest absolute Gasteiger partial charge is 0.155 e. The molecule has 14 heavy (non-hydrogen) atoms. The van der Waals surface area contributed by atoms with Crippen LogP contribution < -0.4 is 5.32 Å². The third kappa shape index (κ3) is 1.58. The summed E-state index contributed by atoms with van der Waals surface area (Å²) < 4.78 is 0. The Kier molecular flexibility index (Phi) is 2.38. The van der Waals surface area contributed by atoms with Crippen LogP contribution in [0, 0.1) is 13.8 Å². The topological polar surface area (TPSA) is 29.1 Å². The number of rotatable bonds is 1. The van der Waals surface area contributed by atoms with Gasteiger partial charge in [0, 0.05) is 13.0 Å². The fourth-order valence-corrected chi connectivity index (χ4v) is 1.95. The minimum absolute atomic E-state index is 0.0603. The minimum atomic E-state index is -0.0603. The predicted octanol–water partition coefficient (Wildman–Crippen LogP) is 1.91. The standard InChI is InChI=1S/C12H15NO/c1-8-3-4-9(2)10(7-8)12-11(14)5-6-13-12/h3-4,7,12-13H,5-6H2,1-2H3. The van der Waals surface area contributed by atoms with Crippen molar-refractivity contribution >= 4 is 5.78 Å². The third-order valence-corrected chi connectivity index (χ3v) is 2.79. The largest absolute Gasteiger partial charge is 0.303 e. The lowest BCUT2D eigenvalue weighted by molar-refractivity contribution is -0.118. The Bertz CT molecular complexity index is 371. The van der Waals surface area contributed by atoms with Crippen molar-refractivity contribution in [1.29, 1.82) is 0 Å². The average molecular weight is 189 g/mol. The molecule has 1 aliphatic rings. The summed E-state index contributed by atoms with van der Waals surface area (Å²) in [7, 11) is 0. The first-order valence-electron chi connectivity index (χ1n) is 5.02. The molecule has 0 saturated carbocycles. The first-order chi connectivity index (χ1) is 6.68. The van der Waals surface area contributed by atoms with E-state index in [-0.39, 0.29) is 6.04 Å². The summed E-state index contributed by atoms with van der Waals surface area (Å²) in [5.41, 5.74) is 3.56. The molecule has 1 heterocycles. The van der Waals surface area contributed by atoms with Gasteiger partial charge in [0.2, 0.25) is 0 Å². The van der Waals surface area contributed by atoms with Crippen molar-refractivity contribution in [2.75, 3.05) is 6.54 Å². The zero-order chi connectivity index (χ0) is 10.1. The van der Waals surface area contributed by atoms with Gasteiger partial charge in [-0.25, -0.2) is 0 Å². The molecule has 1 aromatic carbocycles. The lowest BCUT2D eigenvalue weighted by atomic mass is 9.97. The number of nitrogens with one attached hydrogen (secondary N) is 1. The molecule has 1 N–H and O–H groups in total. The summed E-state index contributed by atoms with van der Waals surface area (Å²) in [5.74, 6) is 0.318. The Labute approximate surface area is 84.3 Å². The van der Waals surface area contributed by atoms with Crippen molar-refractivity contribution in [2.45, 2.75) is 26.3 Å². The molecular formula is C12H15NO. The van der Waals surface area contributed by atoms with Crippen molar-refractivity contribution < 1.29 is 4.79 Å². The second kappa shape index (κ2) is 3.54. The van der Waals surface area contributed by atoms with Crippen LogP contribution in [0.2, 0.25) is 0 Å². The van der Waals surface area contributed by atoms with Gasteiger partial charge in [-0.2, -0.15) is 0 Å². The van der Waals surface area contributed by atoms with Gasteiger partial charge in [-0.1, -0.05) is 23.8 Å². The quantitative estimate of drug-likeness (QED) is 0.731. The molecule has 2 heteroatoms. The third-order valence-electron chi connectivity index (χ3n) is 2.79. The van der Waals surface area contributed by atoms with E-state index in [0.29, 0.717) is 12.2 Å². The maximum atomic E-state index is 11.6. The van der Waals surface area contributed by atoms with Crippen LogP contribution >= 0.6 is 0 Å². The number of hydrogen-bond donors (Lipinski definition) is 1. The zero-order valence-electron chi connectivity index (χ0n) is 8.63. The zero-order valence-corrected chi connectivity index (χ0v) is 8.63. The van der Waals surface area contributed by atoms with Gasteiger partial charge in [0.15, 0.2) is 5.78 Å². The van der Waals surface area contributed by atoms with Crippen molar-refractivity contribution in [2.24, 2.45) is 0 Å². The Morgan fingerprint density at radius 1 is 1.36 bits per heavy atom. The lowest BCUT2D eigenvalue weighted by Gasteiger charge is -2.13. The van der Waals surface area contributed by atoms with Gasteiger partial charge in [-0.3, -0.25) is 4.79 Å². The normalized spacial score (nSPS) is 21.6. The number of Topliss-reactive ketones (excluding diaryl/α,β-unsaturated/α-hetero) is 1. The fourth-order valence-electron chi connectivity index (χ4n) is 1.95.